The van der Waals surface area contributed by atoms with Crippen LogP contribution in [0.2, 0.25) is 0 Å². The fourth-order valence-electron chi connectivity index (χ4n) is 3.47. The number of rotatable bonds is 6. The second kappa shape index (κ2) is 12.6. The van der Waals surface area contributed by atoms with Gasteiger partial charge in [-0.05, 0) is 54.7 Å². The molecular formula is C31H16F8N2O. The summed E-state index contributed by atoms with van der Waals surface area (Å²) >= 11 is 0. The zero-order valence-electron chi connectivity index (χ0n) is 21.2. The molecule has 0 aliphatic carbocycles. The summed E-state index contributed by atoms with van der Waals surface area (Å²) in [5, 5.41) is 0. The van der Waals surface area contributed by atoms with E-state index in [-0.39, 0.29) is 11.4 Å². The zero-order chi connectivity index (χ0) is 30.4. The fraction of sp³-hybridized carbons (Fsp3) is 0.0968. The third kappa shape index (κ3) is 7.12. The molecule has 0 saturated carbocycles. The van der Waals surface area contributed by atoms with E-state index in [1.54, 1.807) is 18.5 Å². The molecule has 0 N–H and O–H groups in total. The molecule has 42 heavy (non-hydrogen) atoms. The first-order chi connectivity index (χ1) is 20.0. The van der Waals surface area contributed by atoms with Gasteiger partial charge in [-0.25, -0.2) is 36.3 Å². The normalized spacial score (nSPS) is 10.8. The minimum absolute atomic E-state index is 0.0207. The van der Waals surface area contributed by atoms with Gasteiger partial charge in [0.15, 0.2) is 17.5 Å². The minimum atomic E-state index is -4.37. The Hall–Kier alpha value is -5.16. The third-order valence-electron chi connectivity index (χ3n) is 5.52. The molecular weight excluding hydrogens is 568 g/mol. The Balaban J connectivity index is 1.50. The number of aryl methyl sites for hydroxylation is 1. The van der Waals surface area contributed by atoms with Crippen molar-refractivity contribution in [3.63, 3.8) is 0 Å². The lowest BCUT2D eigenvalue weighted by Gasteiger charge is -2.19. The van der Waals surface area contributed by atoms with Crippen LogP contribution in [0.1, 0.15) is 40.1 Å². The van der Waals surface area contributed by atoms with Gasteiger partial charge in [0.25, 0.3) is 0 Å². The van der Waals surface area contributed by atoms with Crippen LogP contribution in [0, 0.1) is 58.6 Å². The summed E-state index contributed by atoms with van der Waals surface area (Å²) in [7, 11) is 0. The number of halogens is 8. The maximum Gasteiger partial charge on any atom is 0.429 e. The topological polar surface area (TPSA) is 35.0 Å². The molecule has 4 aromatic rings. The molecule has 0 fully saturated rings. The summed E-state index contributed by atoms with van der Waals surface area (Å²) in [5.41, 5.74) is -1.74. The van der Waals surface area contributed by atoms with Gasteiger partial charge in [0.2, 0.25) is 5.82 Å². The molecule has 3 aromatic carbocycles. The van der Waals surface area contributed by atoms with Gasteiger partial charge in [-0.2, -0.15) is 8.78 Å². The summed E-state index contributed by atoms with van der Waals surface area (Å²) in [5.74, 6) is -0.943. The predicted octanol–water partition coefficient (Wildman–Crippen LogP) is 7.36. The molecule has 0 aliphatic rings. The Labute approximate surface area is 234 Å². The molecule has 1 heterocycles. The number of benzene rings is 3. The number of hydrogen-bond acceptors (Lipinski definition) is 3. The van der Waals surface area contributed by atoms with Crippen LogP contribution in [0.4, 0.5) is 35.1 Å². The lowest BCUT2D eigenvalue weighted by atomic mass is 10.1. The second-order valence-electron chi connectivity index (χ2n) is 8.57. The zero-order valence-corrected chi connectivity index (χ0v) is 21.2. The van der Waals surface area contributed by atoms with Crippen LogP contribution in [-0.4, -0.2) is 9.97 Å². The highest BCUT2D eigenvalue weighted by atomic mass is 19.3. The van der Waals surface area contributed by atoms with E-state index >= 15 is 0 Å². The Morgan fingerprint density at radius 3 is 1.93 bits per heavy atom. The van der Waals surface area contributed by atoms with E-state index in [4.69, 9.17) is 0 Å². The number of allylic oxidation sites excluding steroid dienone is 1. The molecule has 0 saturated heterocycles. The van der Waals surface area contributed by atoms with Crippen LogP contribution in [-0.2, 0) is 12.5 Å². The van der Waals surface area contributed by atoms with Crippen molar-refractivity contribution in [2.45, 2.75) is 19.0 Å². The van der Waals surface area contributed by atoms with E-state index in [0.29, 0.717) is 36.8 Å². The van der Waals surface area contributed by atoms with Gasteiger partial charge in [-0.1, -0.05) is 23.8 Å². The molecule has 0 bridgehead atoms. The van der Waals surface area contributed by atoms with Gasteiger partial charge in [-0.15, -0.1) is 6.58 Å². The standard InChI is InChI=1S/C31H16F8N2O/c1-2-3-4-20-16-40-29(41-17-20)10-7-18-6-9-23(26(34)11-18)31(38,39)42-21-14-24(32)22(25(33)15-21)8-5-19-12-27(35)30(37)28(36)13-19/h2,6,9,11-17H,1,3-4H2. The monoisotopic (exact) mass is 584 g/mol. The highest BCUT2D eigenvalue weighted by Crippen LogP contribution is 2.34. The van der Waals surface area contributed by atoms with E-state index < -0.39 is 63.5 Å². The average molecular weight is 584 g/mol. The predicted molar refractivity (Wildman–Crippen MR) is 136 cm³/mol. The van der Waals surface area contributed by atoms with E-state index in [1.807, 2.05) is 5.92 Å². The molecule has 0 amide bonds. The van der Waals surface area contributed by atoms with Crippen molar-refractivity contribution >= 4 is 0 Å². The second-order valence-corrected chi connectivity index (χ2v) is 8.57. The lowest BCUT2D eigenvalue weighted by Crippen LogP contribution is -2.23. The SMILES string of the molecule is C=CCCc1cnc(C#Cc2ccc(C(F)(F)Oc3cc(F)c(C#Cc4cc(F)c(F)c(F)c4)c(F)c3)c(F)c2)nc1. The first kappa shape index (κ1) is 29.8. The minimum Gasteiger partial charge on any atom is -0.429 e. The van der Waals surface area contributed by atoms with Gasteiger partial charge in [-0.3, -0.25) is 0 Å². The van der Waals surface area contributed by atoms with Crippen molar-refractivity contribution in [1.29, 1.82) is 0 Å². The molecule has 0 atom stereocenters. The van der Waals surface area contributed by atoms with Crippen molar-refractivity contribution in [3.05, 3.63) is 136 Å². The summed E-state index contributed by atoms with van der Waals surface area (Å²) < 4.78 is 117. The Morgan fingerprint density at radius 1 is 0.738 bits per heavy atom. The summed E-state index contributed by atoms with van der Waals surface area (Å²) in [6, 6.07) is 4.25. The van der Waals surface area contributed by atoms with Crippen molar-refractivity contribution in [2.75, 3.05) is 0 Å². The molecule has 3 nitrogen and oxygen atoms in total. The van der Waals surface area contributed by atoms with Crippen molar-refractivity contribution in [2.24, 2.45) is 0 Å². The van der Waals surface area contributed by atoms with Crippen LogP contribution in [0.3, 0.4) is 0 Å². The molecule has 4 rings (SSSR count). The van der Waals surface area contributed by atoms with Gasteiger partial charge < -0.3 is 4.74 Å². The summed E-state index contributed by atoms with van der Waals surface area (Å²) in [6.45, 7) is 3.63. The number of ether oxygens (including phenoxy) is 1. The van der Waals surface area contributed by atoms with Gasteiger partial charge in [0, 0.05) is 35.7 Å². The molecule has 1 aromatic heterocycles. The molecule has 11 heteroatoms. The van der Waals surface area contributed by atoms with Crippen molar-refractivity contribution in [1.82, 2.24) is 9.97 Å². The quantitative estimate of drug-likeness (QED) is 0.103. The molecule has 0 spiro atoms. The van der Waals surface area contributed by atoms with Gasteiger partial charge in [0.05, 0.1) is 5.56 Å². The smallest absolute Gasteiger partial charge is 0.429 e. The van der Waals surface area contributed by atoms with Crippen molar-refractivity contribution in [3.8, 4) is 29.4 Å². The highest BCUT2D eigenvalue weighted by molar-refractivity contribution is 5.47. The van der Waals surface area contributed by atoms with E-state index in [0.717, 1.165) is 24.1 Å². The van der Waals surface area contributed by atoms with Crippen LogP contribution < -0.4 is 4.74 Å². The fourth-order valence-corrected chi connectivity index (χ4v) is 3.47. The lowest BCUT2D eigenvalue weighted by molar-refractivity contribution is -0.187. The molecule has 0 radical (unpaired) electrons. The van der Waals surface area contributed by atoms with Crippen LogP contribution in [0.25, 0.3) is 0 Å². The largest absolute Gasteiger partial charge is 0.429 e. The van der Waals surface area contributed by atoms with E-state index in [2.05, 4.69) is 39.0 Å². The Bertz CT molecular complexity index is 1740. The average Bonchev–Trinajstić information content (AvgIpc) is 2.93. The van der Waals surface area contributed by atoms with Gasteiger partial charge >= 0.3 is 6.11 Å². The van der Waals surface area contributed by atoms with Crippen LogP contribution in [0.15, 0.2) is 67.5 Å². The first-order valence-electron chi connectivity index (χ1n) is 11.9. The maximum atomic E-state index is 14.8. The molecule has 212 valence electrons. The van der Waals surface area contributed by atoms with E-state index in [1.165, 1.54) is 0 Å². The third-order valence-corrected chi connectivity index (χ3v) is 5.52. The molecule has 0 unspecified atom stereocenters. The van der Waals surface area contributed by atoms with Gasteiger partial charge in [0.1, 0.15) is 28.8 Å². The van der Waals surface area contributed by atoms with E-state index in [9.17, 15) is 35.1 Å². The number of aromatic nitrogens is 2. The number of hydrogen-bond donors (Lipinski definition) is 0. The Morgan fingerprint density at radius 2 is 1.33 bits per heavy atom. The summed E-state index contributed by atoms with van der Waals surface area (Å²) in [6.07, 6.45) is 1.96. The molecule has 0 aliphatic heterocycles. The number of nitrogens with zero attached hydrogens (tertiary/aromatic N) is 2. The maximum absolute atomic E-state index is 14.8. The Kier molecular flexibility index (Phi) is 8.92. The highest BCUT2D eigenvalue weighted by Gasteiger charge is 2.38. The summed E-state index contributed by atoms with van der Waals surface area (Å²) in [4.78, 5) is 8.13. The van der Waals surface area contributed by atoms with Crippen LogP contribution >= 0.6 is 0 Å². The van der Waals surface area contributed by atoms with Crippen LogP contribution in [0.5, 0.6) is 5.75 Å². The van der Waals surface area contributed by atoms with Crippen molar-refractivity contribution < 1.29 is 39.9 Å². The number of alkyl halides is 2. The first-order valence-corrected chi connectivity index (χ1v) is 11.9.